The first-order chi connectivity index (χ1) is 18.8. The van der Waals surface area contributed by atoms with Gasteiger partial charge < -0.3 is 24.0 Å². The van der Waals surface area contributed by atoms with Crippen LogP contribution in [0.5, 0.6) is 5.75 Å². The lowest BCUT2D eigenvalue weighted by molar-refractivity contribution is 0.0694. The smallest absolute Gasteiger partial charge is 0.415 e. The number of carbonyl (C=O) groups excluding carboxylic acids is 1. The molecule has 1 saturated heterocycles. The van der Waals surface area contributed by atoms with Crippen LogP contribution in [0.3, 0.4) is 0 Å². The van der Waals surface area contributed by atoms with Crippen molar-refractivity contribution in [3.8, 4) is 11.8 Å². The fraction of sp³-hybridized carbons (Fsp3) is 0.357. The lowest BCUT2D eigenvalue weighted by Gasteiger charge is -2.27. The highest BCUT2D eigenvalue weighted by Crippen LogP contribution is 2.44. The van der Waals surface area contributed by atoms with Gasteiger partial charge in [0.25, 0.3) is 0 Å². The number of halogens is 1. The van der Waals surface area contributed by atoms with Gasteiger partial charge in [-0.25, -0.2) is 14.0 Å². The number of amides is 1. The lowest BCUT2D eigenvalue weighted by atomic mass is 10.0. The zero-order chi connectivity index (χ0) is 27.4. The third-order valence-corrected chi connectivity index (χ3v) is 7.58. The SMILES string of the molecule is COc1c(N2CCCc3cc(N4CC(C#N)OC4=O)ccc3C2)c(F)cc2c(=O)c(C(=O)O)cn(C3CC3)c12. The number of fused-ring (bicyclic) bond motifs is 2. The van der Waals surface area contributed by atoms with E-state index in [-0.39, 0.29) is 29.4 Å². The van der Waals surface area contributed by atoms with Gasteiger partial charge in [-0.3, -0.25) is 9.69 Å². The van der Waals surface area contributed by atoms with Gasteiger partial charge in [-0.15, -0.1) is 0 Å². The summed E-state index contributed by atoms with van der Waals surface area (Å²) >= 11 is 0. The number of ether oxygens (including phenoxy) is 2. The van der Waals surface area contributed by atoms with E-state index < -0.39 is 35.0 Å². The Bertz CT molecular complexity index is 1640. The molecule has 6 rings (SSSR count). The van der Waals surface area contributed by atoms with Crippen molar-refractivity contribution < 1.29 is 28.6 Å². The number of aromatic carboxylic acids is 1. The molecule has 0 spiro atoms. The number of rotatable bonds is 5. The van der Waals surface area contributed by atoms with Gasteiger partial charge in [0.1, 0.15) is 17.3 Å². The Balaban J connectivity index is 1.42. The second-order valence-electron chi connectivity index (χ2n) is 10.0. The molecule has 1 saturated carbocycles. The summed E-state index contributed by atoms with van der Waals surface area (Å²) in [5, 5.41) is 18.7. The van der Waals surface area contributed by atoms with Crippen LogP contribution in [0.15, 0.2) is 35.3 Å². The quantitative estimate of drug-likeness (QED) is 0.523. The molecular weight excluding hydrogens is 507 g/mol. The van der Waals surface area contributed by atoms with E-state index in [1.54, 1.807) is 10.6 Å². The molecule has 2 aliphatic heterocycles. The summed E-state index contributed by atoms with van der Waals surface area (Å²) in [5.41, 5.74) is 2.07. The van der Waals surface area contributed by atoms with E-state index in [2.05, 4.69) is 0 Å². The highest BCUT2D eigenvalue weighted by Gasteiger charge is 2.34. The molecule has 39 heavy (non-hydrogen) atoms. The standard InChI is InChI=1S/C28H25FN4O6/c1-38-26-23-20(25(34)21(27(35)36)14-32(23)17-6-7-17)10-22(29)24(26)31-8-2-3-15-9-18(5-4-16(15)12-31)33-13-19(11-30)39-28(33)37/h4-5,9-10,14,17,19H,2-3,6-8,12-13H2,1H3,(H,35,36). The van der Waals surface area contributed by atoms with Crippen LogP contribution in [0, 0.1) is 17.1 Å². The Morgan fingerprint density at radius 3 is 2.69 bits per heavy atom. The van der Waals surface area contributed by atoms with Crippen LogP contribution in [0.1, 0.15) is 46.8 Å². The summed E-state index contributed by atoms with van der Waals surface area (Å²) in [6.07, 6.45) is 3.00. The second kappa shape index (κ2) is 9.31. The molecule has 1 aromatic heterocycles. The van der Waals surface area contributed by atoms with Crippen LogP contribution in [-0.2, 0) is 17.7 Å². The van der Waals surface area contributed by atoms with E-state index in [9.17, 15) is 19.5 Å². The van der Waals surface area contributed by atoms with E-state index in [0.29, 0.717) is 37.1 Å². The molecule has 1 unspecified atom stereocenters. The molecule has 11 heteroatoms. The topological polar surface area (TPSA) is 125 Å². The molecule has 0 radical (unpaired) electrons. The summed E-state index contributed by atoms with van der Waals surface area (Å²) in [4.78, 5) is 40.3. The van der Waals surface area contributed by atoms with E-state index in [1.807, 2.05) is 23.1 Å². The minimum absolute atomic E-state index is 0.0135. The van der Waals surface area contributed by atoms with Crippen molar-refractivity contribution in [1.29, 1.82) is 5.26 Å². The summed E-state index contributed by atoms with van der Waals surface area (Å²) in [6, 6.07) is 8.68. The number of methoxy groups -OCH3 is 1. The maximum Gasteiger partial charge on any atom is 0.415 e. The van der Waals surface area contributed by atoms with Gasteiger partial charge in [0, 0.05) is 31.0 Å². The largest absolute Gasteiger partial charge is 0.492 e. The van der Waals surface area contributed by atoms with Crippen LogP contribution in [0.25, 0.3) is 10.9 Å². The van der Waals surface area contributed by atoms with Crippen LogP contribution >= 0.6 is 0 Å². The number of benzene rings is 2. The first-order valence-electron chi connectivity index (χ1n) is 12.7. The number of aromatic nitrogens is 1. The Morgan fingerprint density at radius 2 is 2.03 bits per heavy atom. The molecule has 3 aromatic rings. The monoisotopic (exact) mass is 532 g/mol. The van der Waals surface area contributed by atoms with Crippen molar-refractivity contribution in [2.75, 3.05) is 30.0 Å². The molecule has 1 aliphatic carbocycles. The summed E-state index contributed by atoms with van der Waals surface area (Å²) in [6.45, 7) is 1.03. The number of hydrogen-bond donors (Lipinski definition) is 1. The third kappa shape index (κ3) is 4.12. The van der Waals surface area contributed by atoms with Crippen LogP contribution in [-0.4, -0.2) is 48.0 Å². The fourth-order valence-electron chi connectivity index (χ4n) is 5.57. The summed E-state index contributed by atoms with van der Waals surface area (Å²) in [5.74, 6) is -1.81. The first kappa shape index (κ1) is 24.7. The third-order valence-electron chi connectivity index (χ3n) is 7.58. The fourth-order valence-corrected chi connectivity index (χ4v) is 5.57. The number of hydrogen-bond acceptors (Lipinski definition) is 7. The minimum Gasteiger partial charge on any atom is -0.492 e. The van der Waals surface area contributed by atoms with Crippen LogP contribution in [0.2, 0.25) is 0 Å². The number of aryl methyl sites for hydroxylation is 1. The predicted octanol–water partition coefficient (Wildman–Crippen LogP) is 3.98. The Morgan fingerprint density at radius 1 is 1.23 bits per heavy atom. The lowest BCUT2D eigenvalue weighted by Crippen LogP contribution is -2.26. The van der Waals surface area contributed by atoms with E-state index in [1.165, 1.54) is 18.2 Å². The average molecular weight is 533 g/mol. The van der Waals surface area contributed by atoms with Gasteiger partial charge in [0.15, 0.2) is 11.6 Å². The van der Waals surface area contributed by atoms with Crippen LogP contribution < -0.4 is 20.0 Å². The molecule has 1 atom stereocenters. The summed E-state index contributed by atoms with van der Waals surface area (Å²) in [7, 11) is 1.42. The molecule has 0 bridgehead atoms. The van der Waals surface area contributed by atoms with Crippen LogP contribution in [0.4, 0.5) is 20.6 Å². The van der Waals surface area contributed by atoms with E-state index in [0.717, 1.165) is 30.0 Å². The Kier molecular flexibility index (Phi) is 5.90. The number of carboxylic acids is 1. The van der Waals surface area contributed by atoms with Gasteiger partial charge >= 0.3 is 12.1 Å². The van der Waals surface area contributed by atoms with Gasteiger partial charge in [-0.2, -0.15) is 5.26 Å². The van der Waals surface area contributed by atoms with Crippen molar-refractivity contribution >= 4 is 34.3 Å². The zero-order valence-corrected chi connectivity index (χ0v) is 21.1. The second-order valence-corrected chi connectivity index (χ2v) is 10.0. The maximum absolute atomic E-state index is 15.8. The number of nitriles is 1. The molecule has 1 N–H and O–H groups in total. The highest BCUT2D eigenvalue weighted by atomic mass is 19.1. The molecule has 10 nitrogen and oxygen atoms in total. The molecular formula is C28H25FN4O6. The predicted molar refractivity (Wildman–Crippen MR) is 139 cm³/mol. The van der Waals surface area contributed by atoms with Crippen molar-refractivity contribution in [3.63, 3.8) is 0 Å². The molecule has 3 heterocycles. The van der Waals surface area contributed by atoms with E-state index >= 15 is 4.39 Å². The number of cyclic esters (lactones) is 1. The normalized spacial score (nSPS) is 18.9. The zero-order valence-electron chi connectivity index (χ0n) is 21.1. The molecule has 2 fully saturated rings. The molecule has 200 valence electrons. The van der Waals surface area contributed by atoms with E-state index in [4.69, 9.17) is 14.7 Å². The molecule has 1 amide bonds. The molecule has 3 aliphatic rings. The summed E-state index contributed by atoms with van der Waals surface area (Å²) < 4.78 is 28.3. The highest BCUT2D eigenvalue weighted by molar-refractivity contribution is 5.97. The minimum atomic E-state index is -1.35. The van der Waals surface area contributed by atoms with Crippen molar-refractivity contribution in [2.45, 2.75) is 44.4 Å². The van der Waals surface area contributed by atoms with Crippen molar-refractivity contribution in [2.24, 2.45) is 0 Å². The van der Waals surface area contributed by atoms with Gasteiger partial charge in [-0.05, 0) is 55.0 Å². The Hall–Kier alpha value is -4.59. The van der Waals surface area contributed by atoms with Crippen molar-refractivity contribution in [1.82, 2.24) is 4.57 Å². The number of carboxylic acid groups (broad SMARTS) is 1. The number of carbonyl (C=O) groups is 2. The van der Waals surface area contributed by atoms with Gasteiger partial charge in [-0.1, -0.05) is 6.07 Å². The van der Waals surface area contributed by atoms with Gasteiger partial charge in [0.2, 0.25) is 11.5 Å². The number of pyridine rings is 1. The first-order valence-corrected chi connectivity index (χ1v) is 12.7. The average Bonchev–Trinajstić information content (AvgIpc) is 3.72. The number of nitrogens with zero attached hydrogens (tertiary/aromatic N) is 4. The van der Waals surface area contributed by atoms with Crippen molar-refractivity contribution in [3.05, 3.63) is 63.2 Å². The molecule has 2 aromatic carbocycles. The Labute approximate surface area is 222 Å². The maximum atomic E-state index is 15.8. The van der Waals surface area contributed by atoms with Gasteiger partial charge in [0.05, 0.1) is 24.6 Å². The number of anilines is 2.